The van der Waals surface area contributed by atoms with Crippen LogP contribution in [0, 0.1) is 0 Å². The predicted molar refractivity (Wildman–Crippen MR) is 107 cm³/mol. The highest BCUT2D eigenvalue weighted by Gasteiger charge is 2.14. The van der Waals surface area contributed by atoms with Crippen LogP contribution in [0.25, 0.3) is 0 Å². The Kier molecular flexibility index (Phi) is 6.26. The Labute approximate surface area is 161 Å². The molecule has 1 amide bonds. The summed E-state index contributed by atoms with van der Waals surface area (Å²) in [5, 5.41) is 4.15. The molecular formula is C20H19ClN2O2S. The lowest BCUT2D eigenvalue weighted by Crippen LogP contribution is -2.13. The number of nitrogens with zero attached hydrogens (tertiary/aromatic N) is 1. The zero-order valence-corrected chi connectivity index (χ0v) is 15.9. The highest BCUT2D eigenvalue weighted by atomic mass is 35.5. The van der Waals surface area contributed by atoms with Crippen molar-refractivity contribution in [2.75, 3.05) is 11.9 Å². The number of hydrogen-bond acceptors (Lipinski definition) is 4. The highest BCUT2D eigenvalue weighted by Crippen LogP contribution is 2.24. The third kappa shape index (κ3) is 4.84. The van der Waals surface area contributed by atoms with Crippen molar-refractivity contribution >= 4 is 34.0 Å². The van der Waals surface area contributed by atoms with Gasteiger partial charge in [-0.05, 0) is 36.2 Å². The van der Waals surface area contributed by atoms with Gasteiger partial charge in [0.05, 0.1) is 12.2 Å². The number of aromatic nitrogens is 1. The first-order valence-corrected chi connectivity index (χ1v) is 9.57. The quantitative estimate of drug-likeness (QED) is 0.589. The molecule has 0 fully saturated rings. The van der Waals surface area contributed by atoms with Crippen LogP contribution < -0.4 is 10.1 Å². The topological polar surface area (TPSA) is 51.2 Å². The molecule has 1 N–H and O–H groups in total. The maximum absolute atomic E-state index is 12.6. The lowest BCUT2D eigenvalue weighted by Gasteiger charge is -2.09. The van der Waals surface area contributed by atoms with Gasteiger partial charge in [-0.15, -0.1) is 11.3 Å². The average Bonchev–Trinajstić information content (AvgIpc) is 3.09. The van der Waals surface area contributed by atoms with Gasteiger partial charge in [0.25, 0.3) is 5.91 Å². The standard InChI is InChI=1S/C20H19ClN2O2S/c1-2-11-25-18-6-4-3-5-17(18)19(24)23-20-22-13-16(26-20)12-14-7-9-15(21)10-8-14/h3-10,13H,2,11-12H2,1H3,(H,22,23,24). The summed E-state index contributed by atoms with van der Waals surface area (Å²) in [6.07, 6.45) is 3.42. The van der Waals surface area contributed by atoms with Crippen LogP contribution in [-0.2, 0) is 6.42 Å². The summed E-state index contributed by atoms with van der Waals surface area (Å²) in [5.74, 6) is 0.369. The van der Waals surface area contributed by atoms with Gasteiger partial charge in [0, 0.05) is 22.5 Å². The number of thiazole rings is 1. The van der Waals surface area contributed by atoms with E-state index in [1.165, 1.54) is 11.3 Å². The molecule has 0 aliphatic rings. The molecule has 6 heteroatoms. The maximum atomic E-state index is 12.6. The fraction of sp³-hybridized carbons (Fsp3) is 0.200. The number of hydrogen-bond donors (Lipinski definition) is 1. The third-order valence-corrected chi connectivity index (χ3v) is 4.82. The molecule has 134 valence electrons. The Morgan fingerprint density at radius 2 is 1.96 bits per heavy atom. The van der Waals surface area contributed by atoms with Gasteiger partial charge in [-0.25, -0.2) is 4.98 Å². The second kappa shape index (κ2) is 8.83. The van der Waals surface area contributed by atoms with Crippen LogP contribution in [0.15, 0.2) is 54.7 Å². The van der Waals surface area contributed by atoms with Gasteiger partial charge < -0.3 is 4.74 Å². The first-order valence-electron chi connectivity index (χ1n) is 8.38. The fourth-order valence-corrected chi connectivity index (χ4v) is 3.37. The molecular weight excluding hydrogens is 368 g/mol. The van der Waals surface area contributed by atoms with Gasteiger partial charge in [-0.3, -0.25) is 10.1 Å². The monoisotopic (exact) mass is 386 g/mol. The number of carbonyl (C=O) groups excluding carboxylic acids is 1. The van der Waals surface area contributed by atoms with E-state index in [2.05, 4.69) is 10.3 Å². The number of halogens is 1. The summed E-state index contributed by atoms with van der Waals surface area (Å²) in [6, 6.07) is 14.9. The second-order valence-corrected chi connectivity index (χ2v) is 7.29. The van der Waals surface area contributed by atoms with E-state index in [-0.39, 0.29) is 5.91 Å². The first-order chi connectivity index (χ1) is 12.7. The molecule has 0 saturated heterocycles. The molecule has 3 aromatic rings. The average molecular weight is 387 g/mol. The second-order valence-electron chi connectivity index (χ2n) is 5.73. The van der Waals surface area contributed by atoms with Gasteiger partial charge in [-0.1, -0.05) is 42.8 Å². The lowest BCUT2D eigenvalue weighted by molar-refractivity contribution is 0.102. The van der Waals surface area contributed by atoms with E-state index in [1.807, 2.05) is 43.3 Å². The number of nitrogens with one attached hydrogen (secondary N) is 1. The third-order valence-electron chi connectivity index (χ3n) is 3.66. The Morgan fingerprint density at radius 1 is 1.19 bits per heavy atom. The van der Waals surface area contributed by atoms with Crippen molar-refractivity contribution in [3.05, 3.63) is 75.8 Å². The van der Waals surface area contributed by atoms with Gasteiger partial charge >= 0.3 is 0 Å². The molecule has 0 bridgehead atoms. The zero-order valence-electron chi connectivity index (χ0n) is 14.4. The molecule has 0 atom stereocenters. The van der Waals surface area contributed by atoms with E-state index in [1.54, 1.807) is 18.3 Å². The van der Waals surface area contributed by atoms with Crippen molar-refractivity contribution in [3.8, 4) is 5.75 Å². The molecule has 0 spiro atoms. The molecule has 0 aliphatic carbocycles. The van der Waals surface area contributed by atoms with Gasteiger partial charge in [-0.2, -0.15) is 0 Å². The molecule has 1 heterocycles. The number of amides is 1. The lowest BCUT2D eigenvalue weighted by atomic mass is 10.1. The van der Waals surface area contributed by atoms with Crippen LogP contribution in [-0.4, -0.2) is 17.5 Å². The first kappa shape index (κ1) is 18.4. The van der Waals surface area contributed by atoms with Crippen molar-refractivity contribution in [2.45, 2.75) is 19.8 Å². The minimum Gasteiger partial charge on any atom is -0.493 e. The summed E-state index contributed by atoms with van der Waals surface area (Å²) >= 11 is 7.37. The number of benzene rings is 2. The van der Waals surface area contributed by atoms with Crippen LogP contribution >= 0.6 is 22.9 Å². The van der Waals surface area contributed by atoms with Crippen molar-refractivity contribution < 1.29 is 9.53 Å². The van der Waals surface area contributed by atoms with E-state index in [4.69, 9.17) is 16.3 Å². The minimum absolute atomic E-state index is 0.218. The van der Waals surface area contributed by atoms with Gasteiger partial charge in [0.1, 0.15) is 5.75 Å². The summed E-state index contributed by atoms with van der Waals surface area (Å²) in [5.41, 5.74) is 1.66. The molecule has 3 rings (SSSR count). The van der Waals surface area contributed by atoms with Crippen LogP contribution in [0.2, 0.25) is 5.02 Å². The van der Waals surface area contributed by atoms with Crippen molar-refractivity contribution in [1.82, 2.24) is 4.98 Å². The van der Waals surface area contributed by atoms with Crippen LogP contribution in [0.4, 0.5) is 5.13 Å². The van der Waals surface area contributed by atoms with Crippen molar-refractivity contribution in [2.24, 2.45) is 0 Å². The van der Waals surface area contributed by atoms with E-state index < -0.39 is 0 Å². The molecule has 4 nitrogen and oxygen atoms in total. The molecule has 0 saturated carbocycles. The van der Waals surface area contributed by atoms with E-state index in [0.29, 0.717) is 23.1 Å². The van der Waals surface area contributed by atoms with Crippen LogP contribution in [0.3, 0.4) is 0 Å². The van der Waals surface area contributed by atoms with Crippen LogP contribution in [0.5, 0.6) is 5.75 Å². The Morgan fingerprint density at radius 3 is 2.73 bits per heavy atom. The number of ether oxygens (including phenoxy) is 1. The predicted octanol–water partition coefficient (Wildman–Crippen LogP) is 5.43. The molecule has 0 radical (unpaired) electrons. The summed E-state index contributed by atoms with van der Waals surface area (Å²) in [6.45, 7) is 2.60. The molecule has 2 aromatic carbocycles. The van der Waals surface area contributed by atoms with Gasteiger partial charge in [0.2, 0.25) is 0 Å². The summed E-state index contributed by atoms with van der Waals surface area (Å²) < 4.78 is 5.65. The maximum Gasteiger partial charge on any atom is 0.261 e. The highest BCUT2D eigenvalue weighted by molar-refractivity contribution is 7.15. The summed E-state index contributed by atoms with van der Waals surface area (Å²) in [7, 11) is 0. The SMILES string of the molecule is CCCOc1ccccc1C(=O)Nc1ncc(Cc2ccc(Cl)cc2)s1. The van der Waals surface area contributed by atoms with Crippen LogP contribution in [0.1, 0.15) is 34.1 Å². The molecule has 26 heavy (non-hydrogen) atoms. The van der Waals surface area contributed by atoms with E-state index >= 15 is 0 Å². The number of rotatable bonds is 7. The molecule has 1 aromatic heterocycles. The Bertz CT molecular complexity index is 878. The number of para-hydroxylation sites is 1. The zero-order chi connectivity index (χ0) is 18.4. The Hall–Kier alpha value is -2.37. The largest absolute Gasteiger partial charge is 0.493 e. The van der Waals surface area contributed by atoms with Gasteiger partial charge in [0.15, 0.2) is 5.13 Å². The fourth-order valence-electron chi connectivity index (χ4n) is 2.41. The van der Waals surface area contributed by atoms with Crippen molar-refractivity contribution in [3.63, 3.8) is 0 Å². The van der Waals surface area contributed by atoms with E-state index in [0.717, 1.165) is 28.3 Å². The number of anilines is 1. The van der Waals surface area contributed by atoms with Crippen molar-refractivity contribution in [1.29, 1.82) is 0 Å². The summed E-state index contributed by atoms with van der Waals surface area (Å²) in [4.78, 5) is 17.9. The molecule has 0 unspecified atom stereocenters. The smallest absolute Gasteiger partial charge is 0.261 e. The van der Waals surface area contributed by atoms with E-state index in [9.17, 15) is 4.79 Å². The minimum atomic E-state index is -0.218. The normalized spacial score (nSPS) is 10.5. The number of carbonyl (C=O) groups is 1. The molecule has 0 aliphatic heterocycles. The Balaban J connectivity index is 1.67.